The van der Waals surface area contributed by atoms with Crippen LogP contribution in [-0.4, -0.2) is 26.1 Å². The van der Waals surface area contributed by atoms with Crippen LogP contribution in [0.1, 0.15) is 37.4 Å². The fraction of sp³-hybridized carbons (Fsp3) is 0.533. The molecule has 0 saturated heterocycles. The second-order valence-electron chi connectivity index (χ2n) is 4.68. The molecule has 0 aliphatic carbocycles. The molecular formula is C15H24N2O2. The third-order valence-electron chi connectivity index (χ3n) is 2.97. The quantitative estimate of drug-likeness (QED) is 0.793. The van der Waals surface area contributed by atoms with Gasteiger partial charge in [0.1, 0.15) is 5.75 Å². The van der Waals surface area contributed by atoms with Gasteiger partial charge in [-0.15, -0.1) is 0 Å². The fourth-order valence-electron chi connectivity index (χ4n) is 1.81. The zero-order chi connectivity index (χ0) is 14.3. The van der Waals surface area contributed by atoms with E-state index in [9.17, 15) is 4.79 Å². The van der Waals surface area contributed by atoms with Crippen molar-refractivity contribution in [3.8, 4) is 5.75 Å². The molecule has 0 heterocycles. The van der Waals surface area contributed by atoms with Crippen LogP contribution < -0.4 is 15.4 Å². The number of likely N-dealkylation sites (N-methyl/N-ethyl adjacent to an activating group) is 1. The number of carbonyl (C=O) groups is 1. The van der Waals surface area contributed by atoms with Gasteiger partial charge < -0.3 is 15.4 Å². The average Bonchev–Trinajstić information content (AvgIpc) is 2.42. The summed E-state index contributed by atoms with van der Waals surface area (Å²) in [6.07, 6.45) is 1.09. The van der Waals surface area contributed by atoms with Crippen LogP contribution >= 0.6 is 0 Å². The van der Waals surface area contributed by atoms with Crippen molar-refractivity contribution in [3.63, 3.8) is 0 Å². The topological polar surface area (TPSA) is 50.4 Å². The molecular weight excluding hydrogens is 240 g/mol. The van der Waals surface area contributed by atoms with Crippen molar-refractivity contribution in [2.24, 2.45) is 0 Å². The first kappa shape index (κ1) is 15.5. The van der Waals surface area contributed by atoms with Crippen LogP contribution in [0.5, 0.6) is 5.75 Å². The van der Waals surface area contributed by atoms with Crippen LogP contribution in [0.4, 0.5) is 0 Å². The number of benzene rings is 1. The Kier molecular flexibility index (Phi) is 6.36. The van der Waals surface area contributed by atoms with Gasteiger partial charge in [0.25, 0.3) is 5.91 Å². The molecule has 4 nitrogen and oxygen atoms in total. The molecule has 2 N–H and O–H groups in total. The Bertz CT molecular complexity index is 419. The van der Waals surface area contributed by atoms with Crippen molar-refractivity contribution < 1.29 is 9.53 Å². The number of aryl methyl sites for hydroxylation is 1. The predicted octanol–water partition coefficient (Wildman–Crippen LogP) is 2.18. The summed E-state index contributed by atoms with van der Waals surface area (Å²) in [6, 6.07) is 6.30. The van der Waals surface area contributed by atoms with Crippen molar-refractivity contribution in [1.29, 1.82) is 0 Å². The maximum Gasteiger partial charge on any atom is 0.257 e. The monoisotopic (exact) mass is 264 g/mol. The molecule has 4 heteroatoms. The van der Waals surface area contributed by atoms with Crippen LogP contribution in [0.3, 0.4) is 0 Å². The summed E-state index contributed by atoms with van der Waals surface area (Å²) in [7, 11) is 1.61. The third-order valence-corrected chi connectivity index (χ3v) is 2.97. The van der Waals surface area contributed by atoms with E-state index in [1.165, 1.54) is 0 Å². The maximum absolute atomic E-state index is 11.3. The van der Waals surface area contributed by atoms with Crippen LogP contribution in [0.2, 0.25) is 0 Å². The summed E-state index contributed by atoms with van der Waals surface area (Å²) in [5, 5.41) is 5.98. The smallest absolute Gasteiger partial charge is 0.257 e. The van der Waals surface area contributed by atoms with Crippen molar-refractivity contribution >= 4 is 5.91 Å². The highest BCUT2D eigenvalue weighted by Crippen LogP contribution is 2.26. The van der Waals surface area contributed by atoms with Gasteiger partial charge >= 0.3 is 0 Å². The van der Waals surface area contributed by atoms with Crippen LogP contribution in [-0.2, 0) is 4.79 Å². The third kappa shape index (κ3) is 4.91. The van der Waals surface area contributed by atoms with Gasteiger partial charge in [0.05, 0.1) is 0 Å². The van der Waals surface area contributed by atoms with E-state index in [1.807, 2.05) is 13.0 Å². The van der Waals surface area contributed by atoms with E-state index in [2.05, 4.69) is 36.6 Å². The van der Waals surface area contributed by atoms with Crippen molar-refractivity contribution in [1.82, 2.24) is 10.6 Å². The van der Waals surface area contributed by atoms with Crippen molar-refractivity contribution in [2.45, 2.75) is 33.2 Å². The largest absolute Gasteiger partial charge is 0.483 e. The summed E-state index contributed by atoms with van der Waals surface area (Å²) >= 11 is 0. The van der Waals surface area contributed by atoms with Crippen LogP contribution in [0.15, 0.2) is 18.2 Å². The van der Waals surface area contributed by atoms with Crippen LogP contribution in [0.25, 0.3) is 0 Å². The normalized spacial score (nSPS) is 12.0. The zero-order valence-corrected chi connectivity index (χ0v) is 12.2. The standard InChI is InChI=1S/C15H24N2O2/c1-5-8-17-12(3)13-7-6-11(2)9-14(13)19-10-15(18)16-4/h6-7,9,12,17H,5,8,10H2,1-4H3,(H,16,18). The lowest BCUT2D eigenvalue weighted by molar-refractivity contribution is -0.122. The summed E-state index contributed by atoms with van der Waals surface area (Å²) in [5.74, 6) is 0.654. The lowest BCUT2D eigenvalue weighted by Gasteiger charge is -2.18. The SMILES string of the molecule is CCCNC(C)c1ccc(C)cc1OCC(=O)NC. The second-order valence-corrected chi connectivity index (χ2v) is 4.68. The molecule has 1 atom stereocenters. The number of carbonyl (C=O) groups excluding carboxylic acids is 1. The average molecular weight is 264 g/mol. The van der Waals surface area contributed by atoms with E-state index in [0.29, 0.717) is 0 Å². The van der Waals surface area contributed by atoms with Gasteiger partial charge in [-0.1, -0.05) is 19.1 Å². The summed E-state index contributed by atoms with van der Waals surface area (Å²) in [4.78, 5) is 11.3. The summed E-state index contributed by atoms with van der Waals surface area (Å²) < 4.78 is 5.62. The second kappa shape index (κ2) is 7.79. The van der Waals surface area contributed by atoms with Gasteiger partial charge in [-0.05, 0) is 38.4 Å². The molecule has 106 valence electrons. The molecule has 1 aromatic rings. The molecule has 1 rings (SSSR count). The Morgan fingerprint density at radius 1 is 1.42 bits per heavy atom. The molecule has 1 aromatic carbocycles. The lowest BCUT2D eigenvalue weighted by Crippen LogP contribution is -2.26. The minimum absolute atomic E-state index is 0.0491. The van der Waals surface area contributed by atoms with E-state index >= 15 is 0 Å². The molecule has 19 heavy (non-hydrogen) atoms. The molecule has 0 radical (unpaired) electrons. The number of nitrogens with one attached hydrogen (secondary N) is 2. The van der Waals surface area contributed by atoms with Gasteiger partial charge in [-0.2, -0.15) is 0 Å². The van der Waals surface area contributed by atoms with Gasteiger partial charge in [0.2, 0.25) is 0 Å². The lowest BCUT2D eigenvalue weighted by atomic mass is 10.0. The highest BCUT2D eigenvalue weighted by atomic mass is 16.5. The molecule has 0 spiro atoms. The number of amides is 1. The molecule has 0 saturated carbocycles. The molecule has 0 aromatic heterocycles. The minimum atomic E-state index is -0.123. The Balaban J connectivity index is 2.81. The van der Waals surface area contributed by atoms with E-state index in [4.69, 9.17) is 4.74 Å². The van der Waals surface area contributed by atoms with Gasteiger partial charge in [-0.25, -0.2) is 0 Å². The first-order valence-electron chi connectivity index (χ1n) is 6.75. The zero-order valence-electron chi connectivity index (χ0n) is 12.2. The van der Waals surface area contributed by atoms with Crippen LogP contribution in [0, 0.1) is 6.92 Å². The van der Waals surface area contributed by atoms with E-state index in [0.717, 1.165) is 29.8 Å². The molecule has 1 unspecified atom stereocenters. The molecule has 0 aliphatic rings. The number of rotatable bonds is 7. The number of hydrogen-bond acceptors (Lipinski definition) is 3. The summed E-state index contributed by atoms with van der Waals surface area (Å²) in [6.45, 7) is 7.27. The molecule has 1 amide bonds. The predicted molar refractivity (Wildman–Crippen MR) is 77.4 cm³/mol. The van der Waals surface area contributed by atoms with E-state index in [1.54, 1.807) is 7.05 Å². The maximum atomic E-state index is 11.3. The Hall–Kier alpha value is -1.55. The number of ether oxygens (including phenoxy) is 1. The minimum Gasteiger partial charge on any atom is -0.483 e. The Morgan fingerprint density at radius 2 is 2.16 bits per heavy atom. The molecule has 0 fully saturated rings. The Morgan fingerprint density at radius 3 is 2.79 bits per heavy atom. The Labute approximate surface area is 115 Å². The van der Waals surface area contributed by atoms with Gasteiger partial charge in [0, 0.05) is 18.7 Å². The van der Waals surface area contributed by atoms with Gasteiger partial charge in [0.15, 0.2) is 6.61 Å². The van der Waals surface area contributed by atoms with E-state index in [-0.39, 0.29) is 18.6 Å². The fourth-order valence-corrected chi connectivity index (χ4v) is 1.81. The van der Waals surface area contributed by atoms with Crippen molar-refractivity contribution in [3.05, 3.63) is 29.3 Å². The highest BCUT2D eigenvalue weighted by molar-refractivity contribution is 5.77. The molecule has 0 bridgehead atoms. The first-order chi connectivity index (χ1) is 9.08. The summed E-state index contributed by atoms with van der Waals surface area (Å²) in [5.41, 5.74) is 2.21. The van der Waals surface area contributed by atoms with E-state index < -0.39 is 0 Å². The molecule has 0 aliphatic heterocycles. The van der Waals surface area contributed by atoms with Crippen molar-refractivity contribution in [2.75, 3.05) is 20.2 Å². The van der Waals surface area contributed by atoms with Gasteiger partial charge in [-0.3, -0.25) is 4.79 Å². The number of hydrogen-bond donors (Lipinski definition) is 2. The first-order valence-corrected chi connectivity index (χ1v) is 6.75. The highest BCUT2D eigenvalue weighted by Gasteiger charge is 2.12.